The van der Waals surface area contributed by atoms with Gasteiger partial charge < -0.3 is 34.2 Å². The minimum absolute atomic E-state index is 0.270. The largest absolute Gasteiger partial charge is 0.494 e. The highest BCUT2D eigenvalue weighted by Gasteiger charge is 2.30. The zero-order valence-corrected chi connectivity index (χ0v) is 28.3. The van der Waals surface area contributed by atoms with Crippen molar-refractivity contribution in [1.82, 2.24) is 19.8 Å². The van der Waals surface area contributed by atoms with Crippen molar-refractivity contribution in [3.8, 4) is 5.75 Å². The Balaban J connectivity index is 1.24. The zero-order chi connectivity index (χ0) is 31.8. The number of methoxy groups -OCH3 is 1. The van der Waals surface area contributed by atoms with Crippen LogP contribution >= 0.6 is 19.2 Å². The minimum atomic E-state index is -3.47. The van der Waals surface area contributed by atoms with Crippen LogP contribution in [0.5, 0.6) is 5.75 Å². The second-order valence-corrected chi connectivity index (χ2v) is 13.7. The average Bonchev–Trinajstić information content (AvgIpc) is 3.06. The van der Waals surface area contributed by atoms with Crippen LogP contribution in [-0.2, 0) is 20.2 Å². The standard InChI is InChI=1S/C32H45ClN7O4P/c1-5-43-45(41,44-6-2)30-10-8-7-9-24(30)22-34-31-27(33)23-35-32(37-31)36-28-12-11-26(21-29(28)42-4)39-15-13-25(14-16-39)40-19-17-38(3)18-20-40/h7-12,21,23,25H,5-6,13-20,22H2,1-4H3,(H2,34,35,36,37). The van der Waals surface area contributed by atoms with Gasteiger partial charge >= 0.3 is 7.60 Å². The maximum atomic E-state index is 13.5. The maximum absolute atomic E-state index is 13.5. The fourth-order valence-electron chi connectivity index (χ4n) is 5.95. The Hall–Kier alpha value is -2.92. The van der Waals surface area contributed by atoms with Gasteiger partial charge in [-0.2, -0.15) is 4.98 Å². The molecule has 1 aromatic heterocycles. The van der Waals surface area contributed by atoms with Gasteiger partial charge in [-0.05, 0) is 57.5 Å². The topological polar surface area (TPSA) is 104 Å². The fourth-order valence-corrected chi connectivity index (χ4v) is 7.92. The van der Waals surface area contributed by atoms with Gasteiger partial charge in [-0.15, -0.1) is 0 Å². The predicted molar refractivity (Wildman–Crippen MR) is 182 cm³/mol. The second kappa shape index (κ2) is 15.6. The number of nitrogens with zero attached hydrogens (tertiary/aromatic N) is 5. The smallest absolute Gasteiger partial charge is 0.361 e. The SMILES string of the molecule is CCOP(=O)(OCC)c1ccccc1CNc1nc(Nc2ccc(N3CCC(N4CCN(C)CC4)CC3)cc2OC)ncc1Cl. The maximum Gasteiger partial charge on any atom is 0.361 e. The molecule has 13 heteroatoms. The highest BCUT2D eigenvalue weighted by atomic mass is 35.5. The van der Waals surface area contributed by atoms with Crippen molar-refractivity contribution in [2.75, 3.05) is 82.2 Å². The highest BCUT2D eigenvalue weighted by molar-refractivity contribution is 7.62. The van der Waals surface area contributed by atoms with E-state index >= 15 is 0 Å². The summed E-state index contributed by atoms with van der Waals surface area (Å²) in [5.41, 5.74) is 2.65. The summed E-state index contributed by atoms with van der Waals surface area (Å²) in [5.74, 6) is 1.51. The Bertz CT molecular complexity index is 1460. The molecule has 0 aliphatic carbocycles. The third-order valence-corrected chi connectivity index (χ3v) is 10.9. The summed E-state index contributed by atoms with van der Waals surface area (Å²) in [6.07, 6.45) is 3.88. The van der Waals surface area contributed by atoms with Gasteiger partial charge in [-0.1, -0.05) is 29.8 Å². The van der Waals surface area contributed by atoms with E-state index in [2.05, 4.69) is 54.5 Å². The number of rotatable bonds is 13. The lowest BCUT2D eigenvalue weighted by atomic mass is 10.0. The molecule has 5 rings (SSSR count). The van der Waals surface area contributed by atoms with Gasteiger partial charge in [0.15, 0.2) is 5.82 Å². The van der Waals surface area contributed by atoms with E-state index in [1.807, 2.05) is 24.3 Å². The second-order valence-electron chi connectivity index (χ2n) is 11.3. The number of ether oxygens (including phenoxy) is 1. The van der Waals surface area contributed by atoms with Crippen LogP contribution in [0.25, 0.3) is 0 Å². The van der Waals surface area contributed by atoms with Crippen LogP contribution in [0.4, 0.5) is 23.1 Å². The molecule has 45 heavy (non-hydrogen) atoms. The molecule has 0 saturated carbocycles. The highest BCUT2D eigenvalue weighted by Crippen LogP contribution is 2.47. The lowest BCUT2D eigenvalue weighted by Gasteiger charge is -2.42. The molecule has 11 nitrogen and oxygen atoms in total. The van der Waals surface area contributed by atoms with Gasteiger partial charge in [-0.25, -0.2) is 4.98 Å². The first kappa shape index (κ1) is 33.4. The number of likely N-dealkylation sites (N-methyl/N-ethyl adjacent to an activating group) is 1. The van der Waals surface area contributed by atoms with Crippen molar-refractivity contribution < 1.29 is 18.3 Å². The minimum Gasteiger partial charge on any atom is -0.494 e. The normalized spacial score (nSPS) is 17.0. The van der Waals surface area contributed by atoms with Crippen molar-refractivity contribution in [2.24, 2.45) is 0 Å². The Morgan fingerprint density at radius 1 is 1.00 bits per heavy atom. The first-order chi connectivity index (χ1) is 21.8. The number of anilines is 4. The summed E-state index contributed by atoms with van der Waals surface area (Å²) in [4.78, 5) is 16.5. The summed E-state index contributed by atoms with van der Waals surface area (Å²) >= 11 is 6.47. The zero-order valence-electron chi connectivity index (χ0n) is 26.7. The first-order valence-corrected chi connectivity index (χ1v) is 17.6. The van der Waals surface area contributed by atoms with Crippen LogP contribution in [0.3, 0.4) is 0 Å². The molecule has 3 aromatic rings. The molecular weight excluding hydrogens is 613 g/mol. The van der Waals surface area contributed by atoms with Crippen LogP contribution in [0, 0.1) is 0 Å². The first-order valence-electron chi connectivity index (χ1n) is 15.7. The molecule has 2 N–H and O–H groups in total. The molecule has 2 aliphatic rings. The number of aromatic nitrogens is 2. The summed E-state index contributed by atoms with van der Waals surface area (Å²) in [7, 11) is 0.399. The number of benzene rings is 2. The molecule has 0 spiro atoms. The fraction of sp³-hybridized carbons (Fsp3) is 0.500. The van der Waals surface area contributed by atoms with Crippen LogP contribution in [0.15, 0.2) is 48.7 Å². The summed E-state index contributed by atoms with van der Waals surface area (Å²) in [6.45, 7) is 11.1. The molecular formula is C32H45ClN7O4P. The van der Waals surface area contributed by atoms with Gasteiger partial charge in [0.2, 0.25) is 5.95 Å². The third kappa shape index (κ3) is 8.27. The van der Waals surface area contributed by atoms with E-state index < -0.39 is 7.60 Å². The number of halogens is 1. The molecule has 0 radical (unpaired) electrons. The molecule has 0 bridgehead atoms. The average molecular weight is 658 g/mol. The quantitative estimate of drug-likeness (QED) is 0.225. The molecule has 0 atom stereocenters. The molecule has 2 saturated heterocycles. The Morgan fingerprint density at radius 2 is 1.71 bits per heavy atom. The molecule has 0 unspecified atom stereocenters. The number of hydrogen-bond donors (Lipinski definition) is 2. The lowest BCUT2D eigenvalue weighted by molar-refractivity contribution is 0.0982. The van der Waals surface area contributed by atoms with E-state index in [4.69, 9.17) is 25.4 Å². The number of nitrogens with one attached hydrogen (secondary N) is 2. The van der Waals surface area contributed by atoms with Crippen LogP contribution in [-0.4, -0.2) is 92.4 Å². The van der Waals surface area contributed by atoms with E-state index in [9.17, 15) is 4.57 Å². The molecule has 3 heterocycles. The Morgan fingerprint density at radius 3 is 2.40 bits per heavy atom. The van der Waals surface area contributed by atoms with Crippen LogP contribution in [0.1, 0.15) is 32.3 Å². The molecule has 2 aliphatic heterocycles. The van der Waals surface area contributed by atoms with Crippen LogP contribution < -0.4 is 25.6 Å². The van der Waals surface area contributed by atoms with Crippen molar-refractivity contribution >= 4 is 47.6 Å². The van der Waals surface area contributed by atoms with Gasteiger partial charge in [0, 0.05) is 63.6 Å². The van der Waals surface area contributed by atoms with Gasteiger partial charge in [0.1, 0.15) is 10.8 Å². The van der Waals surface area contributed by atoms with Gasteiger partial charge in [0.05, 0.1) is 37.5 Å². The molecule has 2 fully saturated rings. The van der Waals surface area contributed by atoms with Crippen molar-refractivity contribution in [2.45, 2.75) is 39.3 Å². The van der Waals surface area contributed by atoms with Gasteiger partial charge in [0.25, 0.3) is 0 Å². The van der Waals surface area contributed by atoms with Crippen molar-refractivity contribution in [3.63, 3.8) is 0 Å². The molecule has 0 amide bonds. The Kier molecular flexibility index (Phi) is 11.6. The van der Waals surface area contributed by atoms with E-state index in [-0.39, 0.29) is 13.2 Å². The molecule has 2 aromatic carbocycles. The van der Waals surface area contributed by atoms with Crippen molar-refractivity contribution in [3.05, 3.63) is 59.2 Å². The summed E-state index contributed by atoms with van der Waals surface area (Å²) in [6, 6.07) is 14.2. The van der Waals surface area contributed by atoms with Crippen LogP contribution in [0.2, 0.25) is 5.02 Å². The summed E-state index contributed by atoms with van der Waals surface area (Å²) < 4.78 is 30.4. The Labute approximate surface area is 271 Å². The predicted octanol–water partition coefficient (Wildman–Crippen LogP) is 5.60. The lowest BCUT2D eigenvalue weighted by Crippen LogP contribution is -2.52. The number of piperazine rings is 1. The monoisotopic (exact) mass is 657 g/mol. The van der Waals surface area contributed by atoms with E-state index in [1.165, 1.54) is 12.8 Å². The third-order valence-electron chi connectivity index (χ3n) is 8.39. The van der Waals surface area contributed by atoms with E-state index in [1.54, 1.807) is 33.2 Å². The van der Waals surface area contributed by atoms with E-state index in [0.717, 1.165) is 56.2 Å². The number of piperidine rings is 1. The molecule has 244 valence electrons. The number of hydrogen-bond acceptors (Lipinski definition) is 11. The van der Waals surface area contributed by atoms with Crippen molar-refractivity contribution in [1.29, 1.82) is 0 Å². The summed E-state index contributed by atoms with van der Waals surface area (Å²) in [5, 5.41) is 7.42. The van der Waals surface area contributed by atoms with Gasteiger partial charge in [-0.3, -0.25) is 9.46 Å². The van der Waals surface area contributed by atoms with E-state index in [0.29, 0.717) is 40.4 Å².